The van der Waals surface area contributed by atoms with E-state index in [1.165, 1.54) is 0 Å². The Balaban J connectivity index is 2.21. The van der Waals surface area contributed by atoms with Gasteiger partial charge >= 0.3 is 0 Å². The van der Waals surface area contributed by atoms with Crippen LogP contribution in [0.4, 0.5) is 0 Å². The van der Waals surface area contributed by atoms with Gasteiger partial charge in [0, 0.05) is 30.4 Å². The zero-order valence-electron chi connectivity index (χ0n) is 10.7. The van der Waals surface area contributed by atoms with Crippen LogP contribution in [0.25, 0.3) is 22.0 Å². The van der Waals surface area contributed by atoms with Gasteiger partial charge in [0.2, 0.25) is 0 Å². The first kappa shape index (κ1) is 10.9. The molecule has 0 N–H and O–H groups in total. The normalized spacial score (nSPS) is 11.1. The molecule has 0 saturated heterocycles. The highest BCUT2D eigenvalue weighted by molar-refractivity contribution is 5.83. The molecule has 0 spiro atoms. The minimum atomic E-state index is 0.794. The fourth-order valence-electron chi connectivity index (χ4n) is 2.17. The van der Waals surface area contributed by atoms with Crippen LogP contribution in [-0.2, 0) is 7.05 Å². The second kappa shape index (κ2) is 3.91. The second-order valence-corrected chi connectivity index (χ2v) is 4.49. The van der Waals surface area contributed by atoms with Gasteiger partial charge < -0.3 is 0 Å². The predicted molar refractivity (Wildman–Crippen MR) is 71.2 cm³/mol. The average Bonchev–Trinajstić information content (AvgIpc) is 2.67. The van der Waals surface area contributed by atoms with Crippen LogP contribution in [0.3, 0.4) is 0 Å². The van der Waals surface area contributed by atoms with Crippen molar-refractivity contribution in [3.8, 4) is 11.1 Å². The smallest absolute Gasteiger partial charge is 0.125 e. The van der Waals surface area contributed by atoms with Gasteiger partial charge in [0.05, 0.1) is 11.2 Å². The highest BCUT2D eigenvalue weighted by Gasteiger charge is 2.07. The molecule has 0 aliphatic rings. The van der Waals surface area contributed by atoms with Crippen LogP contribution in [0.2, 0.25) is 0 Å². The highest BCUT2D eigenvalue weighted by atomic mass is 15.2. The van der Waals surface area contributed by atoms with Gasteiger partial charge in [-0.15, -0.1) is 0 Å². The van der Waals surface area contributed by atoms with E-state index in [0.717, 1.165) is 33.5 Å². The van der Waals surface area contributed by atoms with Crippen LogP contribution in [-0.4, -0.2) is 19.7 Å². The van der Waals surface area contributed by atoms with Gasteiger partial charge in [-0.1, -0.05) is 12.1 Å². The summed E-state index contributed by atoms with van der Waals surface area (Å²) in [5, 5.41) is 5.43. The Morgan fingerprint density at radius 3 is 2.72 bits per heavy atom. The number of hydrogen-bond acceptors (Lipinski definition) is 3. The summed E-state index contributed by atoms with van der Waals surface area (Å²) < 4.78 is 1.83. The van der Waals surface area contributed by atoms with E-state index >= 15 is 0 Å². The van der Waals surface area contributed by atoms with E-state index in [-0.39, 0.29) is 0 Å². The molecule has 1 aromatic carbocycles. The minimum absolute atomic E-state index is 0.794. The SMILES string of the molecule is Cc1ncc2ccc(-c3cn(C)nc3C)cc2n1. The van der Waals surface area contributed by atoms with Crippen LogP contribution in [0, 0.1) is 13.8 Å². The van der Waals surface area contributed by atoms with Crippen molar-refractivity contribution in [2.75, 3.05) is 0 Å². The number of benzene rings is 1. The van der Waals surface area contributed by atoms with Crippen molar-refractivity contribution in [2.24, 2.45) is 7.05 Å². The first-order valence-corrected chi connectivity index (χ1v) is 5.87. The second-order valence-electron chi connectivity index (χ2n) is 4.49. The van der Waals surface area contributed by atoms with Gasteiger partial charge in [-0.25, -0.2) is 9.97 Å². The topological polar surface area (TPSA) is 43.6 Å². The lowest BCUT2D eigenvalue weighted by atomic mass is 10.1. The molecule has 0 radical (unpaired) electrons. The Hall–Kier alpha value is -2.23. The van der Waals surface area contributed by atoms with Crippen molar-refractivity contribution in [3.63, 3.8) is 0 Å². The maximum atomic E-state index is 4.46. The quantitative estimate of drug-likeness (QED) is 0.654. The zero-order valence-corrected chi connectivity index (χ0v) is 10.7. The van der Waals surface area contributed by atoms with Gasteiger partial charge in [0.15, 0.2) is 0 Å². The summed E-state index contributed by atoms with van der Waals surface area (Å²) in [6.45, 7) is 3.92. The summed E-state index contributed by atoms with van der Waals surface area (Å²) in [6, 6.07) is 6.23. The minimum Gasteiger partial charge on any atom is -0.275 e. The Morgan fingerprint density at radius 2 is 2.00 bits per heavy atom. The van der Waals surface area contributed by atoms with E-state index in [1.54, 1.807) is 0 Å². The molecule has 0 amide bonds. The monoisotopic (exact) mass is 238 g/mol. The van der Waals surface area contributed by atoms with E-state index in [1.807, 2.05) is 38.0 Å². The molecule has 2 heterocycles. The third-order valence-electron chi connectivity index (χ3n) is 3.03. The molecule has 0 aliphatic heterocycles. The van der Waals surface area contributed by atoms with E-state index < -0.39 is 0 Å². The Labute approximate surface area is 105 Å². The standard InChI is InChI=1S/C14H14N4/c1-9-13(8-18(3)17-9)11-4-5-12-7-15-10(2)16-14(12)6-11/h4-8H,1-3H3. The molecule has 0 saturated carbocycles. The Kier molecular flexibility index (Phi) is 2.37. The number of rotatable bonds is 1. The molecule has 90 valence electrons. The van der Waals surface area contributed by atoms with Crippen LogP contribution >= 0.6 is 0 Å². The summed E-state index contributed by atoms with van der Waals surface area (Å²) in [6.07, 6.45) is 3.89. The van der Waals surface area contributed by atoms with E-state index in [4.69, 9.17) is 0 Å². The lowest BCUT2D eigenvalue weighted by Crippen LogP contribution is -1.88. The third-order valence-corrected chi connectivity index (χ3v) is 3.03. The summed E-state index contributed by atoms with van der Waals surface area (Å²) >= 11 is 0. The van der Waals surface area contributed by atoms with Crippen LogP contribution in [0.15, 0.2) is 30.6 Å². The number of aryl methyl sites for hydroxylation is 3. The molecular weight excluding hydrogens is 224 g/mol. The lowest BCUT2D eigenvalue weighted by molar-refractivity contribution is 0.756. The van der Waals surface area contributed by atoms with Crippen molar-refractivity contribution in [1.82, 2.24) is 19.7 Å². The van der Waals surface area contributed by atoms with Crippen molar-refractivity contribution >= 4 is 10.9 Å². The summed E-state index contributed by atoms with van der Waals surface area (Å²) in [7, 11) is 1.93. The molecule has 4 heteroatoms. The molecule has 0 atom stereocenters. The lowest BCUT2D eigenvalue weighted by Gasteiger charge is -2.02. The number of fused-ring (bicyclic) bond motifs is 1. The highest BCUT2D eigenvalue weighted by Crippen LogP contribution is 2.25. The fourth-order valence-corrected chi connectivity index (χ4v) is 2.17. The summed E-state index contributed by atoms with van der Waals surface area (Å²) in [5.41, 5.74) is 4.30. The molecule has 3 aromatic rings. The zero-order chi connectivity index (χ0) is 12.7. The molecule has 0 unspecified atom stereocenters. The van der Waals surface area contributed by atoms with Gasteiger partial charge in [0.1, 0.15) is 5.82 Å². The first-order valence-electron chi connectivity index (χ1n) is 5.87. The summed E-state index contributed by atoms with van der Waals surface area (Å²) in [4.78, 5) is 8.66. The van der Waals surface area contributed by atoms with Gasteiger partial charge in [0.25, 0.3) is 0 Å². The maximum absolute atomic E-state index is 4.46. The van der Waals surface area contributed by atoms with Crippen LogP contribution < -0.4 is 0 Å². The van der Waals surface area contributed by atoms with Gasteiger partial charge in [-0.3, -0.25) is 4.68 Å². The molecular formula is C14H14N4. The molecule has 0 aliphatic carbocycles. The molecule has 0 fully saturated rings. The maximum Gasteiger partial charge on any atom is 0.125 e. The van der Waals surface area contributed by atoms with Crippen LogP contribution in [0.1, 0.15) is 11.5 Å². The van der Waals surface area contributed by atoms with E-state index in [9.17, 15) is 0 Å². The van der Waals surface area contributed by atoms with E-state index in [0.29, 0.717) is 0 Å². The Bertz CT molecular complexity index is 728. The van der Waals surface area contributed by atoms with Crippen molar-refractivity contribution in [3.05, 3.63) is 42.1 Å². The number of nitrogens with zero attached hydrogens (tertiary/aromatic N) is 4. The van der Waals surface area contributed by atoms with Crippen molar-refractivity contribution < 1.29 is 0 Å². The molecule has 18 heavy (non-hydrogen) atoms. The largest absolute Gasteiger partial charge is 0.275 e. The van der Waals surface area contributed by atoms with Gasteiger partial charge in [-0.05, 0) is 25.5 Å². The third kappa shape index (κ3) is 1.76. The number of aromatic nitrogens is 4. The molecule has 2 aromatic heterocycles. The van der Waals surface area contributed by atoms with Crippen molar-refractivity contribution in [2.45, 2.75) is 13.8 Å². The molecule has 0 bridgehead atoms. The molecule has 4 nitrogen and oxygen atoms in total. The number of hydrogen-bond donors (Lipinski definition) is 0. The van der Waals surface area contributed by atoms with Crippen LogP contribution in [0.5, 0.6) is 0 Å². The van der Waals surface area contributed by atoms with E-state index in [2.05, 4.69) is 33.3 Å². The van der Waals surface area contributed by atoms with Crippen molar-refractivity contribution in [1.29, 1.82) is 0 Å². The Morgan fingerprint density at radius 1 is 1.17 bits per heavy atom. The average molecular weight is 238 g/mol. The predicted octanol–water partition coefficient (Wildman–Crippen LogP) is 2.65. The van der Waals surface area contributed by atoms with Gasteiger partial charge in [-0.2, -0.15) is 5.10 Å². The molecule has 3 rings (SSSR count). The fraction of sp³-hybridized carbons (Fsp3) is 0.214. The first-order chi connectivity index (χ1) is 8.63. The summed E-state index contributed by atoms with van der Waals surface area (Å²) in [5.74, 6) is 0.794.